The molecule has 0 spiro atoms. The van der Waals surface area contributed by atoms with Crippen LogP contribution in [0.1, 0.15) is 67.2 Å². The second-order valence-electron chi connectivity index (χ2n) is 11.6. The number of rotatable bonds is 11. The summed E-state index contributed by atoms with van der Waals surface area (Å²) in [5.74, 6) is -2.93. The van der Waals surface area contributed by atoms with Gasteiger partial charge in [-0.05, 0) is 93.3 Å². The van der Waals surface area contributed by atoms with Gasteiger partial charge in [0.05, 0.1) is 28.5 Å². The van der Waals surface area contributed by atoms with Crippen molar-refractivity contribution in [3.63, 3.8) is 0 Å². The molecule has 1 saturated heterocycles. The third-order valence-electron chi connectivity index (χ3n) is 7.88. The van der Waals surface area contributed by atoms with Gasteiger partial charge in [0, 0.05) is 31.9 Å². The van der Waals surface area contributed by atoms with E-state index in [-0.39, 0.29) is 40.6 Å². The van der Waals surface area contributed by atoms with Gasteiger partial charge in [0.1, 0.15) is 11.9 Å². The summed E-state index contributed by atoms with van der Waals surface area (Å²) in [6.07, 6.45) is 0.904. The van der Waals surface area contributed by atoms with Crippen molar-refractivity contribution in [3.05, 3.63) is 82.9 Å². The molecule has 1 aliphatic rings. The second kappa shape index (κ2) is 14.4. The van der Waals surface area contributed by atoms with Crippen LogP contribution in [0.2, 0.25) is 0 Å². The van der Waals surface area contributed by atoms with E-state index in [9.17, 15) is 27.2 Å². The van der Waals surface area contributed by atoms with Gasteiger partial charge in [0.2, 0.25) is 11.8 Å². The molecule has 1 unspecified atom stereocenters. The number of primary amides is 1. The Morgan fingerprint density at radius 1 is 1.04 bits per heavy atom. The molecule has 4 rings (SSSR count). The quantitative estimate of drug-likeness (QED) is 0.252. The van der Waals surface area contributed by atoms with Crippen molar-refractivity contribution in [2.75, 3.05) is 37.9 Å². The first kappa shape index (κ1) is 35.1. The molecule has 47 heavy (non-hydrogen) atoms. The van der Waals surface area contributed by atoms with Crippen molar-refractivity contribution < 1.29 is 36.3 Å². The van der Waals surface area contributed by atoms with E-state index in [1.807, 2.05) is 0 Å². The molecule has 0 aromatic heterocycles. The van der Waals surface area contributed by atoms with Crippen LogP contribution in [0, 0.1) is 11.6 Å². The van der Waals surface area contributed by atoms with Gasteiger partial charge in [0.25, 0.3) is 0 Å². The van der Waals surface area contributed by atoms with Crippen molar-refractivity contribution in [3.8, 4) is 5.75 Å². The van der Waals surface area contributed by atoms with Gasteiger partial charge in [-0.25, -0.2) is 22.0 Å². The van der Waals surface area contributed by atoms with E-state index in [1.165, 1.54) is 46.2 Å². The van der Waals surface area contributed by atoms with Crippen molar-refractivity contribution in [1.29, 1.82) is 0 Å². The number of benzene rings is 3. The second-order valence-corrected chi connectivity index (χ2v) is 14.1. The Morgan fingerprint density at radius 2 is 1.74 bits per heavy atom. The average Bonchev–Trinajstić information content (AvgIpc) is 3.51. The Kier molecular flexibility index (Phi) is 10.7. The molecule has 14 heteroatoms. The van der Waals surface area contributed by atoms with E-state index in [4.69, 9.17) is 10.5 Å². The van der Waals surface area contributed by atoms with E-state index in [0.29, 0.717) is 24.1 Å². The lowest BCUT2D eigenvalue weighted by Crippen LogP contribution is -2.38. The van der Waals surface area contributed by atoms with Crippen LogP contribution in [-0.2, 0) is 14.6 Å². The van der Waals surface area contributed by atoms with Gasteiger partial charge in [-0.1, -0.05) is 6.07 Å². The fourth-order valence-electron chi connectivity index (χ4n) is 5.35. The van der Waals surface area contributed by atoms with Gasteiger partial charge in [-0.15, -0.1) is 0 Å². The molecule has 4 N–H and O–H groups in total. The molecule has 3 aromatic carbocycles. The highest BCUT2D eigenvalue weighted by Crippen LogP contribution is 2.40. The van der Waals surface area contributed by atoms with Crippen molar-refractivity contribution in [2.45, 2.75) is 55.8 Å². The number of ether oxygens (including phenoxy) is 1. The zero-order chi connectivity index (χ0) is 34.6. The molecule has 1 heterocycles. The zero-order valence-electron chi connectivity index (χ0n) is 26.8. The van der Waals surface area contributed by atoms with Gasteiger partial charge in [-0.3, -0.25) is 9.59 Å². The molecule has 1 aliphatic heterocycles. The van der Waals surface area contributed by atoms with Crippen molar-refractivity contribution >= 4 is 39.1 Å². The highest BCUT2D eigenvalue weighted by atomic mass is 32.2. The van der Waals surface area contributed by atoms with E-state index in [2.05, 4.69) is 10.6 Å². The van der Waals surface area contributed by atoms with Crippen LogP contribution in [0.25, 0.3) is 0 Å². The molecule has 0 bridgehead atoms. The first-order valence-corrected chi connectivity index (χ1v) is 16.6. The lowest BCUT2D eigenvalue weighted by atomic mass is 10.0. The SMILES string of the molecule is CCOc1cc([C@H](Nc2cc(C(N)=O)ccc2F)C(=O)N2CCCC2c2cc(NC(=O)N(C)C)ccc2S(=O)(=O)C(C)C)ccc1F. The number of urea groups is 1. The Hall–Kier alpha value is -4.72. The van der Waals surface area contributed by atoms with Crippen LogP contribution in [-0.4, -0.2) is 68.6 Å². The molecule has 3 aromatic rings. The lowest BCUT2D eigenvalue weighted by molar-refractivity contribution is -0.133. The Morgan fingerprint density at radius 3 is 2.38 bits per heavy atom. The van der Waals surface area contributed by atoms with Gasteiger partial charge < -0.3 is 30.9 Å². The summed E-state index contributed by atoms with van der Waals surface area (Å²) in [7, 11) is -0.716. The van der Waals surface area contributed by atoms with E-state index in [1.54, 1.807) is 40.9 Å². The molecular formula is C33H39F2N5O6S. The number of hydrogen-bond acceptors (Lipinski definition) is 7. The summed E-state index contributed by atoms with van der Waals surface area (Å²) in [5, 5.41) is 4.83. The third-order valence-corrected chi connectivity index (χ3v) is 10.1. The number of sulfone groups is 1. The van der Waals surface area contributed by atoms with Crippen LogP contribution < -0.4 is 21.1 Å². The molecule has 4 amide bonds. The van der Waals surface area contributed by atoms with E-state index in [0.717, 1.165) is 12.1 Å². The highest BCUT2D eigenvalue weighted by Gasteiger charge is 2.38. The maximum Gasteiger partial charge on any atom is 0.321 e. The monoisotopic (exact) mass is 671 g/mol. The minimum atomic E-state index is -3.84. The Bertz CT molecular complexity index is 1780. The number of nitrogens with one attached hydrogen (secondary N) is 2. The number of hydrogen-bond donors (Lipinski definition) is 3. The van der Waals surface area contributed by atoms with E-state index < -0.39 is 56.7 Å². The molecule has 0 radical (unpaired) electrons. The topological polar surface area (TPSA) is 151 Å². The van der Waals surface area contributed by atoms with Crippen LogP contribution >= 0.6 is 0 Å². The molecule has 11 nitrogen and oxygen atoms in total. The largest absolute Gasteiger partial charge is 0.491 e. The maximum absolute atomic E-state index is 15.1. The molecule has 2 atom stereocenters. The van der Waals surface area contributed by atoms with Gasteiger partial charge >= 0.3 is 6.03 Å². The minimum absolute atomic E-state index is 0.00613. The Labute approximate surface area is 273 Å². The van der Waals surface area contributed by atoms with Crippen LogP contribution in [0.4, 0.5) is 25.0 Å². The fourth-order valence-corrected chi connectivity index (χ4v) is 6.64. The van der Waals surface area contributed by atoms with Gasteiger partial charge in [-0.2, -0.15) is 0 Å². The Balaban J connectivity index is 1.85. The summed E-state index contributed by atoms with van der Waals surface area (Å²) in [6, 6.07) is 9.21. The first-order valence-electron chi connectivity index (χ1n) is 15.1. The summed E-state index contributed by atoms with van der Waals surface area (Å²) < 4.78 is 62.2. The number of carbonyl (C=O) groups excluding carboxylic acids is 3. The number of carbonyl (C=O) groups is 3. The number of amides is 4. The van der Waals surface area contributed by atoms with Crippen LogP contribution in [0.3, 0.4) is 0 Å². The molecule has 252 valence electrons. The molecule has 0 aliphatic carbocycles. The third kappa shape index (κ3) is 7.64. The van der Waals surface area contributed by atoms with Crippen molar-refractivity contribution in [2.24, 2.45) is 5.73 Å². The minimum Gasteiger partial charge on any atom is -0.491 e. The smallest absolute Gasteiger partial charge is 0.321 e. The summed E-state index contributed by atoms with van der Waals surface area (Å²) in [4.78, 5) is 41.7. The van der Waals surface area contributed by atoms with Crippen LogP contribution in [0.15, 0.2) is 59.5 Å². The molecule has 0 saturated carbocycles. The standard InChI is InChI=1S/C33H39F2N5O6S/c1-6-46-28-17-20(9-13-25(28)35)30(38-26-16-21(31(36)41)10-12-24(26)34)32(42)40-15-7-8-27(40)23-18-22(37-33(43)39(4)5)11-14-29(23)47(44,45)19(2)3/h9-14,16-19,27,30,38H,6-8,15H2,1-5H3,(H2,36,41)(H,37,43)/t27?,30-/m0/s1. The summed E-state index contributed by atoms with van der Waals surface area (Å²) in [5.41, 5.74) is 6.09. The zero-order valence-corrected chi connectivity index (χ0v) is 27.7. The fraction of sp³-hybridized carbons (Fsp3) is 0.364. The maximum atomic E-state index is 15.1. The summed E-state index contributed by atoms with van der Waals surface area (Å²) >= 11 is 0. The molecule has 1 fully saturated rings. The number of nitrogens with two attached hydrogens (primary N) is 1. The first-order chi connectivity index (χ1) is 22.1. The van der Waals surface area contributed by atoms with Gasteiger partial charge in [0.15, 0.2) is 21.4 Å². The number of nitrogens with zero attached hydrogens (tertiary/aromatic N) is 2. The number of likely N-dealkylation sites (tertiary alicyclic amines) is 1. The average molecular weight is 672 g/mol. The predicted octanol–water partition coefficient (Wildman–Crippen LogP) is 5.25. The number of anilines is 2. The highest BCUT2D eigenvalue weighted by molar-refractivity contribution is 7.92. The summed E-state index contributed by atoms with van der Waals surface area (Å²) in [6.45, 7) is 5.14. The lowest BCUT2D eigenvalue weighted by Gasteiger charge is -2.32. The predicted molar refractivity (Wildman–Crippen MR) is 174 cm³/mol. The van der Waals surface area contributed by atoms with Crippen molar-refractivity contribution in [1.82, 2.24) is 9.80 Å². The normalized spacial score (nSPS) is 15.3. The molecular weight excluding hydrogens is 632 g/mol. The number of halogens is 2. The van der Waals surface area contributed by atoms with E-state index >= 15 is 4.39 Å². The van der Waals surface area contributed by atoms with Crippen LogP contribution in [0.5, 0.6) is 5.75 Å².